The van der Waals surface area contributed by atoms with Crippen LogP contribution in [0.5, 0.6) is 0 Å². The van der Waals surface area contributed by atoms with Gasteiger partial charge < -0.3 is 10.6 Å². The van der Waals surface area contributed by atoms with Crippen molar-refractivity contribution >= 4 is 5.91 Å². The number of piperidine rings is 1. The van der Waals surface area contributed by atoms with E-state index in [1.54, 1.807) is 0 Å². The standard InChI is InChI=1S/C16H33N3O/c1-4-6-9-19(10-7-5-2)16(20)13-18-11-8-15(17)14(3)12-18/h14-15H,4-13,17H2,1-3H3. The predicted molar refractivity (Wildman–Crippen MR) is 84.6 cm³/mol. The number of rotatable bonds is 8. The van der Waals surface area contributed by atoms with E-state index in [9.17, 15) is 4.79 Å². The fourth-order valence-electron chi connectivity index (χ4n) is 2.74. The summed E-state index contributed by atoms with van der Waals surface area (Å²) in [4.78, 5) is 16.8. The molecule has 20 heavy (non-hydrogen) atoms. The first-order chi connectivity index (χ1) is 9.58. The predicted octanol–water partition coefficient (Wildman–Crippen LogP) is 2.08. The molecule has 1 heterocycles. The summed E-state index contributed by atoms with van der Waals surface area (Å²) >= 11 is 0. The lowest BCUT2D eigenvalue weighted by molar-refractivity contribution is -0.133. The Kier molecular flexibility index (Phi) is 8.15. The Morgan fingerprint density at radius 1 is 1.25 bits per heavy atom. The number of hydrogen-bond acceptors (Lipinski definition) is 3. The van der Waals surface area contributed by atoms with Gasteiger partial charge in [0.1, 0.15) is 0 Å². The monoisotopic (exact) mass is 283 g/mol. The molecule has 0 aromatic heterocycles. The summed E-state index contributed by atoms with van der Waals surface area (Å²) < 4.78 is 0. The number of likely N-dealkylation sites (tertiary alicyclic amines) is 1. The molecular weight excluding hydrogens is 250 g/mol. The molecule has 118 valence electrons. The van der Waals surface area contributed by atoms with Gasteiger partial charge in [-0.25, -0.2) is 0 Å². The summed E-state index contributed by atoms with van der Waals surface area (Å²) in [6.45, 7) is 10.9. The van der Waals surface area contributed by atoms with E-state index < -0.39 is 0 Å². The Bertz CT molecular complexity index is 275. The van der Waals surface area contributed by atoms with Crippen LogP contribution >= 0.6 is 0 Å². The van der Waals surface area contributed by atoms with Crippen LogP contribution in [0.25, 0.3) is 0 Å². The molecule has 1 saturated heterocycles. The molecule has 1 rings (SSSR count). The Labute approximate surface area is 124 Å². The van der Waals surface area contributed by atoms with Gasteiger partial charge in [0.2, 0.25) is 5.91 Å². The third kappa shape index (κ3) is 5.80. The second kappa shape index (κ2) is 9.35. The van der Waals surface area contributed by atoms with Crippen LogP contribution in [0.2, 0.25) is 0 Å². The molecule has 0 saturated carbocycles. The van der Waals surface area contributed by atoms with Gasteiger partial charge in [0, 0.05) is 32.2 Å². The number of unbranched alkanes of at least 4 members (excludes halogenated alkanes) is 2. The van der Waals surface area contributed by atoms with E-state index in [2.05, 4.69) is 30.6 Å². The molecule has 2 N–H and O–H groups in total. The zero-order chi connectivity index (χ0) is 15.0. The molecule has 1 fully saturated rings. The van der Waals surface area contributed by atoms with Gasteiger partial charge in [0.15, 0.2) is 0 Å². The highest BCUT2D eigenvalue weighted by molar-refractivity contribution is 5.78. The molecule has 0 aromatic carbocycles. The maximum atomic E-state index is 12.5. The van der Waals surface area contributed by atoms with Crippen molar-refractivity contribution in [3.05, 3.63) is 0 Å². The van der Waals surface area contributed by atoms with Gasteiger partial charge in [-0.1, -0.05) is 33.6 Å². The normalized spacial score (nSPS) is 23.8. The van der Waals surface area contributed by atoms with Crippen molar-refractivity contribution in [3.63, 3.8) is 0 Å². The Morgan fingerprint density at radius 2 is 1.85 bits per heavy atom. The quantitative estimate of drug-likeness (QED) is 0.742. The summed E-state index contributed by atoms with van der Waals surface area (Å²) in [5, 5.41) is 0. The molecule has 2 atom stereocenters. The lowest BCUT2D eigenvalue weighted by atomic mass is 9.95. The smallest absolute Gasteiger partial charge is 0.236 e. The van der Waals surface area contributed by atoms with Gasteiger partial charge in [0.25, 0.3) is 0 Å². The van der Waals surface area contributed by atoms with Crippen molar-refractivity contribution in [2.75, 3.05) is 32.7 Å². The van der Waals surface area contributed by atoms with Gasteiger partial charge in [-0.15, -0.1) is 0 Å². The highest BCUT2D eigenvalue weighted by Gasteiger charge is 2.25. The molecule has 0 aliphatic carbocycles. The van der Waals surface area contributed by atoms with Crippen molar-refractivity contribution < 1.29 is 4.79 Å². The Balaban J connectivity index is 2.43. The van der Waals surface area contributed by atoms with Crippen molar-refractivity contribution in [2.45, 2.75) is 58.9 Å². The minimum Gasteiger partial charge on any atom is -0.342 e. The van der Waals surface area contributed by atoms with E-state index in [-0.39, 0.29) is 0 Å². The van der Waals surface area contributed by atoms with E-state index in [1.807, 2.05) is 0 Å². The van der Waals surface area contributed by atoms with E-state index in [0.29, 0.717) is 24.4 Å². The molecule has 1 aliphatic heterocycles. The molecule has 2 unspecified atom stereocenters. The minimum absolute atomic E-state index is 0.301. The fourth-order valence-corrected chi connectivity index (χ4v) is 2.74. The minimum atomic E-state index is 0.301. The van der Waals surface area contributed by atoms with Crippen LogP contribution in [0.4, 0.5) is 0 Å². The molecule has 1 aliphatic rings. The van der Waals surface area contributed by atoms with Crippen molar-refractivity contribution in [2.24, 2.45) is 11.7 Å². The van der Waals surface area contributed by atoms with Gasteiger partial charge in [-0.05, 0) is 25.2 Å². The first-order valence-corrected chi connectivity index (χ1v) is 8.34. The van der Waals surface area contributed by atoms with E-state index >= 15 is 0 Å². The van der Waals surface area contributed by atoms with Crippen molar-refractivity contribution in [3.8, 4) is 0 Å². The van der Waals surface area contributed by atoms with E-state index in [1.165, 1.54) is 0 Å². The maximum absolute atomic E-state index is 12.5. The maximum Gasteiger partial charge on any atom is 0.236 e. The van der Waals surface area contributed by atoms with Crippen LogP contribution in [0, 0.1) is 5.92 Å². The van der Waals surface area contributed by atoms with E-state index in [0.717, 1.165) is 58.3 Å². The third-order valence-electron chi connectivity index (χ3n) is 4.33. The first kappa shape index (κ1) is 17.4. The van der Waals surface area contributed by atoms with Crippen LogP contribution in [0.1, 0.15) is 52.9 Å². The van der Waals surface area contributed by atoms with Crippen molar-refractivity contribution in [1.29, 1.82) is 0 Å². The number of nitrogens with zero attached hydrogens (tertiary/aromatic N) is 2. The Morgan fingerprint density at radius 3 is 2.35 bits per heavy atom. The summed E-state index contributed by atoms with van der Waals surface area (Å²) in [5.74, 6) is 0.797. The van der Waals surface area contributed by atoms with Gasteiger partial charge in [0.05, 0.1) is 6.54 Å². The largest absolute Gasteiger partial charge is 0.342 e. The average molecular weight is 283 g/mol. The second-order valence-corrected chi connectivity index (χ2v) is 6.25. The Hall–Kier alpha value is -0.610. The number of carbonyl (C=O) groups excluding carboxylic acids is 1. The zero-order valence-electron chi connectivity index (χ0n) is 13.6. The van der Waals surface area contributed by atoms with Crippen LogP contribution in [-0.2, 0) is 4.79 Å². The van der Waals surface area contributed by atoms with Crippen LogP contribution < -0.4 is 5.73 Å². The lowest BCUT2D eigenvalue weighted by Crippen LogP contribution is -2.49. The van der Waals surface area contributed by atoms with Crippen LogP contribution in [0.15, 0.2) is 0 Å². The van der Waals surface area contributed by atoms with Crippen LogP contribution in [-0.4, -0.2) is 54.5 Å². The molecule has 0 bridgehead atoms. The highest BCUT2D eigenvalue weighted by Crippen LogP contribution is 2.15. The van der Waals surface area contributed by atoms with Crippen molar-refractivity contribution in [1.82, 2.24) is 9.80 Å². The number of hydrogen-bond donors (Lipinski definition) is 1. The number of amides is 1. The first-order valence-electron chi connectivity index (χ1n) is 8.34. The summed E-state index contributed by atoms with van der Waals surface area (Å²) in [6, 6.07) is 0.303. The third-order valence-corrected chi connectivity index (χ3v) is 4.33. The molecule has 0 aromatic rings. The lowest BCUT2D eigenvalue weighted by Gasteiger charge is -2.35. The molecule has 1 amide bonds. The van der Waals surface area contributed by atoms with E-state index in [4.69, 9.17) is 5.73 Å². The van der Waals surface area contributed by atoms with Gasteiger partial charge in [-0.3, -0.25) is 9.69 Å². The SMILES string of the molecule is CCCCN(CCCC)C(=O)CN1CCC(N)C(C)C1. The molecular formula is C16H33N3O. The van der Waals surface area contributed by atoms with Gasteiger partial charge >= 0.3 is 0 Å². The molecule has 0 spiro atoms. The molecule has 4 nitrogen and oxygen atoms in total. The van der Waals surface area contributed by atoms with Crippen LogP contribution in [0.3, 0.4) is 0 Å². The highest BCUT2D eigenvalue weighted by atomic mass is 16.2. The topological polar surface area (TPSA) is 49.6 Å². The number of nitrogens with two attached hydrogens (primary N) is 1. The zero-order valence-corrected chi connectivity index (χ0v) is 13.6. The summed E-state index contributed by atoms with van der Waals surface area (Å²) in [5.41, 5.74) is 6.04. The van der Waals surface area contributed by atoms with Gasteiger partial charge in [-0.2, -0.15) is 0 Å². The second-order valence-electron chi connectivity index (χ2n) is 6.25. The fraction of sp³-hybridized carbons (Fsp3) is 0.938. The number of carbonyl (C=O) groups is 1. The average Bonchev–Trinajstić information content (AvgIpc) is 2.43. The molecule has 0 radical (unpaired) electrons. The summed E-state index contributed by atoms with van der Waals surface area (Å²) in [7, 11) is 0. The molecule has 4 heteroatoms. The summed E-state index contributed by atoms with van der Waals surface area (Å²) in [6.07, 6.45) is 5.52.